The van der Waals surface area contributed by atoms with Crippen LogP contribution in [-0.4, -0.2) is 62.6 Å². The summed E-state index contributed by atoms with van der Waals surface area (Å²) in [5, 5.41) is 17.7. The van der Waals surface area contributed by atoms with Crippen molar-refractivity contribution < 1.29 is 49.7 Å². The number of rotatable bonds is 7. The average molecular weight is 477 g/mol. The second kappa shape index (κ2) is 21.1. The van der Waals surface area contributed by atoms with E-state index in [9.17, 15) is 9.59 Å². The van der Waals surface area contributed by atoms with Crippen LogP contribution in [0.2, 0.25) is 0 Å². The molecular weight excluding hydrogens is 428 g/mol. The van der Waals surface area contributed by atoms with Crippen molar-refractivity contribution in [2.45, 2.75) is 35.5 Å². The van der Waals surface area contributed by atoms with Gasteiger partial charge in [0.2, 0.25) is 0 Å². The van der Waals surface area contributed by atoms with Crippen LogP contribution in [0.1, 0.15) is 65.1 Å². The van der Waals surface area contributed by atoms with E-state index in [2.05, 4.69) is 14.2 Å². The number of carbonyl (C=O) groups excluding carboxylic acids is 2. The van der Waals surface area contributed by atoms with Crippen LogP contribution in [0.5, 0.6) is 0 Å². The number of epoxide rings is 1. The molecule has 1 aliphatic heterocycles. The highest BCUT2D eigenvalue weighted by Gasteiger charge is 2.04. The van der Waals surface area contributed by atoms with Gasteiger partial charge < -0.3 is 29.2 Å². The molecule has 1 aliphatic rings. The Morgan fingerprint density at radius 3 is 1.58 bits per heavy atom. The highest BCUT2D eigenvalue weighted by atomic mass is 16.6. The summed E-state index contributed by atoms with van der Waals surface area (Å²) in [6.07, 6.45) is 0. The van der Waals surface area contributed by atoms with Gasteiger partial charge in [-0.15, -0.1) is 0 Å². The fourth-order valence-corrected chi connectivity index (χ4v) is 1.87. The zero-order valence-corrected chi connectivity index (χ0v) is 16.4. The summed E-state index contributed by atoms with van der Waals surface area (Å²) in [5.41, 5.74) is 2.14. The Balaban J connectivity index is -0.000000564. The number of ether oxygens (including phenoxy) is 4. The molecule has 33 heavy (non-hydrogen) atoms. The van der Waals surface area contributed by atoms with E-state index in [1.807, 2.05) is 0 Å². The molecule has 1 fully saturated rings. The van der Waals surface area contributed by atoms with Crippen LogP contribution in [-0.2, 0) is 32.2 Å². The van der Waals surface area contributed by atoms with Crippen molar-refractivity contribution in [2.75, 3.05) is 40.5 Å². The first-order chi connectivity index (χ1) is 17.4. The molecule has 0 saturated carbocycles. The molecule has 8 heteroatoms. The third kappa shape index (κ3) is 15.6. The molecule has 0 aliphatic carbocycles. The molecule has 2 aromatic rings. The van der Waals surface area contributed by atoms with E-state index in [4.69, 9.17) is 25.9 Å². The molecule has 0 amide bonds. The zero-order chi connectivity index (χ0) is 29.4. The molecule has 188 valence electrons. The van der Waals surface area contributed by atoms with Crippen LogP contribution in [0.4, 0.5) is 0 Å². The van der Waals surface area contributed by atoms with E-state index in [0.717, 1.165) is 5.56 Å². The molecule has 0 atom stereocenters. The summed E-state index contributed by atoms with van der Waals surface area (Å²) >= 11 is 0. The zero-order valence-electron chi connectivity index (χ0n) is 24.4. The Hall–Kier alpha value is -2.78. The number of hydrogen-bond donors (Lipinski definition) is 2. The lowest BCUT2D eigenvalue weighted by atomic mass is 10.1. The van der Waals surface area contributed by atoms with Crippen LogP contribution in [0.15, 0.2) is 48.5 Å². The van der Waals surface area contributed by atoms with Gasteiger partial charge in [0.25, 0.3) is 0 Å². The molecule has 0 radical (unpaired) electrons. The summed E-state index contributed by atoms with van der Waals surface area (Å²) < 4.78 is 71.9. The Labute approximate surface area is 209 Å². The van der Waals surface area contributed by atoms with Gasteiger partial charge in [-0.3, -0.25) is 0 Å². The molecule has 0 bridgehead atoms. The van der Waals surface area contributed by atoms with Gasteiger partial charge in [-0.05, 0) is 35.4 Å². The van der Waals surface area contributed by atoms with E-state index >= 15 is 0 Å². The van der Waals surface area contributed by atoms with E-state index in [0.29, 0.717) is 16.7 Å². The van der Waals surface area contributed by atoms with Crippen molar-refractivity contribution in [1.82, 2.24) is 0 Å². The minimum atomic E-state index is -3.10. The fourth-order valence-electron chi connectivity index (χ4n) is 1.87. The smallest absolute Gasteiger partial charge is 0.337 e. The largest absolute Gasteiger partial charge is 0.465 e. The monoisotopic (exact) mass is 476 g/mol. The third-order valence-electron chi connectivity index (χ3n) is 3.39. The number of esters is 2. The van der Waals surface area contributed by atoms with E-state index in [1.54, 1.807) is 24.3 Å². The summed E-state index contributed by atoms with van der Waals surface area (Å²) in [5.74, 6) is -0.853. The molecule has 0 aromatic heterocycles. The quantitative estimate of drug-likeness (QED) is 0.457. The van der Waals surface area contributed by atoms with Crippen molar-refractivity contribution >= 4 is 11.9 Å². The van der Waals surface area contributed by atoms with Gasteiger partial charge in [-0.1, -0.05) is 46.5 Å². The highest BCUT2D eigenvalue weighted by molar-refractivity contribution is 5.89. The van der Waals surface area contributed by atoms with Crippen LogP contribution in [0, 0.1) is 0 Å². The molecule has 8 nitrogen and oxygen atoms in total. The highest BCUT2D eigenvalue weighted by Crippen LogP contribution is 2.07. The summed E-state index contributed by atoms with van der Waals surface area (Å²) in [4.78, 5) is 22.1. The number of benzene rings is 2. The second-order valence-electron chi connectivity index (χ2n) is 5.34. The number of aliphatic hydroxyl groups is 2. The van der Waals surface area contributed by atoms with Gasteiger partial charge in [0, 0.05) is 0 Å². The Morgan fingerprint density at radius 2 is 1.27 bits per heavy atom. The Bertz CT molecular complexity index is 1040. The lowest BCUT2D eigenvalue weighted by Crippen LogP contribution is -2.02. The molecule has 0 spiro atoms. The van der Waals surface area contributed by atoms with E-state index in [-0.39, 0.29) is 41.5 Å². The van der Waals surface area contributed by atoms with Gasteiger partial charge in [-0.2, -0.15) is 0 Å². The lowest BCUT2D eigenvalue weighted by Gasteiger charge is -2.03. The number of aliphatic hydroxyl groups excluding tert-OH is 1. The first-order valence-electron chi connectivity index (χ1n) is 12.4. The first kappa shape index (κ1) is 20.8. The van der Waals surface area contributed by atoms with Gasteiger partial charge in [0.1, 0.15) is 0 Å². The molecule has 0 unspecified atom stereocenters. The lowest BCUT2D eigenvalue weighted by molar-refractivity contribution is 0.0591. The molecule has 3 rings (SSSR count). The maximum atomic E-state index is 11.2. The van der Waals surface area contributed by atoms with Crippen LogP contribution < -0.4 is 0 Å². The minimum Gasteiger partial charge on any atom is -0.465 e. The first-order valence-corrected chi connectivity index (χ1v) is 8.42. The van der Waals surface area contributed by atoms with Crippen molar-refractivity contribution in [2.24, 2.45) is 0 Å². The number of hydrogen-bond acceptors (Lipinski definition) is 8. The van der Waals surface area contributed by atoms with Crippen molar-refractivity contribution in [3.8, 4) is 0 Å². The normalized spacial score (nSPS) is 17.7. The van der Waals surface area contributed by atoms with Gasteiger partial charge in [0.05, 0.1) is 75.8 Å². The SMILES string of the molecule is C.C.C.COC(=O)c1ccc(CO)cc1.[2H]C([2H])(O)C([2H])([2H])OCc1ccc(C(=O)OC)cc1.[2H]C1([2H])OC1([2H])[2H]. The third-order valence-corrected chi connectivity index (χ3v) is 3.39. The second-order valence-corrected chi connectivity index (χ2v) is 5.34. The van der Waals surface area contributed by atoms with Crippen molar-refractivity contribution in [1.29, 1.82) is 0 Å². The van der Waals surface area contributed by atoms with Gasteiger partial charge in [-0.25, -0.2) is 9.59 Å². The predicted molar refractivity (Wildman–Crippen MR) is 129 cm³/mol. The topological polar surface area (TPSA) is 115 Å². The van der Waals surface area contributed by atoms with Crippen molar-refractivity contribution in [3.05, 3.63) is 70.8 Å². The number of methoxy groups -OCH3 is 2. The van der Waals surface area contributed by atoms with Crippen LogP contribution in [0.3, 0.4) is 0 Å². The van der Waals surface area contributed by atoms with Crippen LogP contribution in [0.25, 0.3) is 0 Å². The molecule has 2 aromatic carbocycles. The summed E-state index contributed by atoms with van der Waals surface area (Å²) in [6, 6.07) is 12.6. The predicted octanol–water partition coefficient (Wildman–Crippen LogP) is 3.87. The fraction of sp³-hybridized carbons (Fsp3) is 0.440. The van der Waals surface area contributed by atoms with Crippen LogP contribution >= 0.6 is 0 Å². The molecule has 1 heterocycles. The number of carbonyl (C=O) groups is 2. The van der Waals surface area contributed by atoms with Gasteiger partial charge in [0.15, 0.2) is 0 Å². The van der Waals surface area contributed by atoms with E-state index < -0.39 is 32.2 Å². The summed E-state index contributed by atoms with van der Waals surface area (Å²) in [7, 11) is 2.60. The standard InChI is InChI=1S/C11H14O4.C9H10O3.C2H4O.3CH4/c1-14-11(13)10-4-2-9(3-5-10)8-15-7-6-12;1-12-9(11)8-4-2-7(6-10)3-5-8;1-2-3-1;;;/h2-5,12H,6-8H2,1H3;2-5,10H,6H2,1H3;1-2H2;3*1H4/i6D2,7D2;;1D2,2D2;;;. The van der Waals surface area contributed by atoms with Gasteiger partial charge >= 0.3 is 11.9 Å². The maximum Gasteiger partial charge on any atom is 0.337 e. The maximum absolute atomic E-state index is 11.2. The van der Waals surface area contributed by atoms with Crippen molar-refractivity contribution in [3.63, 3.8) is 0 Å². The summed E-state index contributed by atoms with van der Waals surface area (Å²) in [6.45, 7) is -10.2. The minimum absolute atomic E-state index is 0. The Kier molecular flexibility index (Phi) is 13.3. The molecule has 2 N–H and O–H groups in total. The molecule has 1 saturated heterocycles. The Morgan fingerprint density at radius 1 is 0.879 bits per heavy atom. The van der Waals surface area contributed by atoms with E-state index in [1.165, 1.54) is 38.5 Å². The molecular formula is C25H40O8. The average Bonchev–Trinajstić information content (AvgIpc) is 3.35.